The van der Waals surface area contributed by atoms with Crippen LogP contribution in [0.15, 0.2) is 29.2 Å². The van der Waals surface area contributed by atoms with E-state index in [9.17, 15) is 13.2 Å². The number of amides is 1. The summed E-state index contributed by atoms with van der Waals surface area (Å²) in [5.74, 6) is -0.179. The molecule has 0 spiro atoms. The highest BCUT2D eigenvalue weighted by molar-refractivity contribution is 7.89. The summed E-state index contributed by atoms with van der Waals surface area (Å²) in [5, 5.41) is 0. The number of likely N-dealkylation sites (tertiary alicyclic amines) is 1. The van der Waals surface area contributed by atoms with E-state index in [1.165, 1.54) is 12.1 Å². The molecule has 1 saturated heterocycles. The van der Waals surface area contributed by atoms with Gasteiger partial charge in [-0.05, 0) is 44.4 Å². The second kappa shape index (κ2) is 6.44. The number of nitrogens with one attached hydrogen (secondary N) is 1. The molecule has 3 N–H and O–H groups in total. The number of rotatable bonds is 4. The molecule has 1 fully saturated rings. The van der Waals surface area contributed by atoms with Crippen molar-refractivity contribution in [3.8, 4) is 0 Å². The Kier molecular flexibility index (Phi) is 4.84. The van der Waals surface area contributed by atoms with Crippen LogP contribution in [-0.4, -0.2) is 38.4 Å². The van der Waals surface area contributed by atoms with E-state index in [2.05, 4.69) is 4.72 Å². The Morgan fingerprint density at radius 1 is 1.29 bits per heavy atom. The Hall–Kier alpha value is -1.60. The van der Waals surface area contributed by atoms with E-state index in [4.69, 9.17) is 5.73 Å². The Balaban J connectivity index is 2.07. The Morgan fingerprint density at radius 3 is 2.57 bits per heavy atom. The second-order valence-corrected chi connectivity index (χ2v) is 7.02. The van der Waals surface area contributed by atoms with Crippen molar-refractivity contribution in [2.75, 3.05) is 18.8 Å². The fourth-order valence-electron chi connectivity index (χ4n) is 2.42. The molecule has 6 nitrogen and oxygen atoms in total. The molecule has 0 saturated carbocycles. The van der Waals surface area contributed by atoms with Gasteiger partial charge in [0, 0.05) is 18.8 Å². The van der Waals surface area contributed by atoms with Gasteiger partial charge in [0.15, 0.2) is 0 Å². The summed E-state index contributed by atoms with van der Waals surface area (Å²) in [6, 6.07) is 5.23. The molecular formula is C14H21N3O3S. The van der Waals surface area contributed by atoms with E-state index in [1.807, 2.05) is 0 Å². The number of nitrogen functional groups attached to an aromatic ring is 1. The van der Waals surface area contributed by atoms with Crippen molar-refractivity contribution in [1.82, 2.24) is 9.62 Å². The molecular weight excluding hydrogens is 290 g/mol. The fraction of sp³-hybridized carbons (Fsp3) is 0.500. The van der Waals surface area contributed by atoms with Crippen LogP contribution < -0.4 is 10.5 Å². The van der Waals surface area contributed by atoms with Gasteiger partial charge < -0.3 is 10.6 Å². The average Bonchev–Trinajstić information content (AvgIpc) is 2.47. The number of hydrogen-bond donors (Lipinski definition) is 2. The first-order valence-electron chi connectivity index (χ1n) is 7.07. The molecule has 1 heterocycles. The van der Waals surface area contributed by atoms with Gasteiger partial charge in [-0.25, -0.2) is 8.42 Å². The van der Waals surface area contributed by atoms with Crippen molar-refractivity contribution in [3.05, 3.63) is 24.3 Å². The lowest BCUT2D eigenvalue weighted by Crippen LogP contribution is -2.48. The summed E-state index contributed by atoms with van der Waals surface area (Å²) in [4.78, 5) is 14.0. The van der Waals surface area contributed by atoms with Gasteiger partial charge in [0.25, 0.3) is 0 Å². The lowest BCUT2D eigenvalue weighted by molar-refractivity contribution is -0.133. The molecule has 1 amide bonds. The SMILES string of the molecule is CC(NS(=O)(=O)c1cccc(N)c1)C(=O)N1CCCCC1. The van der Waals surface area contributed by atoms with E-state index in [0.717, 1.165) is 19.3 Å². The van der Waals surface area contributed by atoms with Gasteiger partial charge >= 0.3 is 0 Å². The normalized spacial score (nSPS) is 17.5. The molecule has 116 valence electrons. The Morgan fingerprint density at radius 2 is 1.95 bits per heavy atom. The van der Waals surface area contributed by atoms with Crippen molar-refractivity contribution in [3.63, 3.8) is 0 Å². The van der Waals surface area contributed by atoms with Gasteiger partial charge in [0.2, 0.25) is 15.9 Å². The Bertz CT molecular complexity index is 610. The predicted octanol–water partition coefficient (Wildman–Crippen LogP) is 0.948. The molecule has 1 unspecified atom stereocenters. The van der Waals surface area contributed by atoms with Gasteiger partial charge in [0.1, 0.15) is 0 Å². The Labute approximate surface area is 125 Å². The van der Waals surface area contributed by atoms with Gasteiger partial charge in [-0.15, -0.1) is 0 Å². The van der Waals surface area contributed by atoms with Crippen LogP contribution in [-0.2, 0) is 14.8 Å². The minimum absolute atomic E-state index is 0.0702. The molecule has 0 aliphatic carbocycles. The standard InChI is InChI=1S/C14H21N3O3S/c1-11(14(18)17-8-3-2-4-9-17)16-21(19,20)13-7-5-6-12(15)10-13/h5-7,10-11,16H,2-4,8-9,15H2,1H3. The molecule has 7 heteroatoms. The van der Waals surface area contributed by atoms with Crippen LogP contribution in [0.5, 0.6) is 0 Å². The van der Waals surface area contributed by atoms with Crippen LogP contribution in [0.3, 0.4) is 0 Å². The number of nitrogens with zero attached hydrogens (tertiary/aromatic N) is 1. The molecule has 1 atom stereocenters. The largest absolute Gasteiger partial charge is 0.399 e. The zero-order chi connectivity index (χ0) is 15.5. The van der Waals surface area contributed by atoms with E-state index < -0.39 is 16.1 Å². The highest BCUT2D eigenvalue weighted by atomic mass is 32.2. The second-order valence-electron chi connectivity index (χ2n) is 5.30. The van der Waals surface area contributed by atoms with Crippen molar-refractivity contribution in [2.45, 2.75) is 37.1 Å². The number of hydrogen-bond acceptors (Lipinski definition) is 4. The topological polar surface area (TPSA) is 92.5 Å². The molecule has 1 aromatic carbocycles. The smallest absolute Gasteiger partial charge is 0.241 e. The minimum Gasteiger partial charge on any atom is -0.399 e. The third-order valence-corrected chi connectivity index (χ3v) is 5.08. The van der Waals surface area contributed by atoms with Crippen LogP contribution in [0.1, 0.15) is 26.2 Å². The van der Waals surface area contributed by atoms with Gasteiger partial charge in [0.05, 0.1) is 10.9 Å². The molecule has 2 rings (SSSR count). The molecule has 21 heavy (non-hydrogen) atoms. The first-order chi connectivity index (χ1) is 9.90. The molecule has 1 aliphatic heterocycles. The third-order valence-electron chi connectivity index (χ3n) is 3.54. The van der Waals surface area contributed by atoms with Gasteiger partial charge in [-0.3, -0.25) is 4.79 Å². The quantitative estimate of drug-likeness (QED) is 0.810. The molecule has 1 aliphatic rings. The first-order valence-corrected chi connectivity index (χ1v) is 8.55. The number of nitrogens with two attached hydrogens (primary N) is 1. The lowest BCUT2D eigenvalue weighted by atomic mass is 10.1. The van der Waals surface area contributed by atoms with Crippen molar-refractivity contribution in [2.24, 2.45) is 0 Å². The fourth-order valence-corrected chi connectivity index (χ4v) is 3.67. The first kappa shape index (κ1) is 15.8. The van der Waals surface area contributed by atoms with E-state index in [1.54, 1.807) is 24.0 Å². The maximum Gasteiger partial charge on any atom is 0.241 e. The maximum atomic E-state index is 12.2. The third kappa shape index (κ3) is 3.95. The summed E-state index contributed by atoms with van der Waals surface area (Å²) in [6.07, 6.45) is 3.06. The van der Waals surface area contributed by atoms with E-state index >= 15 is 0 Å². The van der Waals surface area contributed by atoms with E-state index in [-0.39, 0.29) is 10.8 Å². The number of carbonyl (C=O) groups is 1. The maximum absolute atomic E-state index is 12.2. The van der Waals surface area contributed by atoms with Crippen molar-refractivity contribution >= 4 is 21.6 Å². The minimum atomic E-state index is -3.74. The van der Waals surface area contributed by atoms with Gasteiger partial charge in [-0.1, -0.05) is 6.07 Å². The summed E-state index contributed by atoms with van der Waals surface area (Å²) >= 11 is 0. The van der Waals surface area contributed by atoms with Crippen LogP contribution in [0, 0.1) is 0 Å². The highest BCUT2D eigenvalue weighted by Crippen LogP contribution is 2.14. The van der Waals surface area contributed by atoms with Crippen LogP contribution >= 0.6 is 0 Å². The molecule has 1 aromatic rings. The highest BCUT2D eigenvalue weighted by Gasteiger charge is 2.26. The van der Waals surface area contributed by atoms with Crippen LogP contribution in [0.25, 0.3) is 0 Å². The number of benzene rings is 1. The number of piperidine rings is 1. The molecule has 0 aromatic heterocycles. The van der Waals surface area contributed by atoms with Crippen LogP contribution in [0.2, 0.25) is 0 Å². The summed E-state index contributed by atoms with van der Waals surface area (Å²) < 4.78 is 26.9. The monoisotopic (exact) mass is 311 g/mol. The lowest BCUT2D eigenvalue weighted by Gasteiger charge is -2.29. The average molecular weight is 311 g/mol. The predicted molar refractivity (Wildman–Crippen MR) is 81.1 cm³/mol. The summed E-state index contributed by atoms with van der Waals surface area (Å²) in [7, 11) is -3.74. The number of carbonyl (C=O) groups excluding carboxylic acids is 1. The molecule has 0 radical (unpaired) electrons. The summed E-state index contributed by atoms with van der Waals surface area (Å²) in [5.41, 5.74) is 5.96. The zero-order valence-corrected chi connectivity index (χ0v) is 12.9. The van der Waals surface area contributed by atoms with Crippen molar-refractivity contribution < 1.29 is 13.2 Å². The van der Waals surface area contributed by atoms with Crippen molar-refractivity contribution in [1.29, 1.82) is 0 Å². The van der Waals surface area contributed by atoms with E-state index in [0.29, 0.717) is 18.8 Å². The molecule has 0 bridgehead atoms. The number of anilines is 1. The van der Waals surface area contributed by atoms with Gasteiger partial charge in [-0.2, -0.15) is 4.72 Å². The zero-order valence-electron chi connectivity index (χ0n) is 12.1. The van der Waals surface area contributed by atoms with Crippen LogP contribution in [0.4, 0.5) is 5.69 Å². The summed E-state index contributed by atoms with van der Waals surface area (Å²) in [6.45, 7) is 2.97. The number of sulfonamides is 1.